The van der Waals surface area contributed by atoms with Gasteiger partial charge in [0.25, 0.3) is 0 Å². The number of carbonyl (C=O) groups excluding carboxylic acids is 2. The monoisotopic (exact) mass is 383 g/mol. The first-order valence-corrected chi connectivity index (χ1v) is 9.94. The minimum absolute atomic E-state index is 0.110. The molecule has 0 saturated carbocycles. The second-order valence-electron chi connectivity index (χ2n) is 6.10. The number of sulfonamides is 1. The molecule has 3 rings (SSSR count). The second-order valence-corrected chi connectivity index (χ2v) is 8.03. The summed E-state index contributed by atoms with van der Waals surface area (Å²) >= 11 is 0. The highest BCUT2D eigenvalue weighted by molar-refractivity contribution is 7.89. The van der Waals surface area contributed by atoms with Crippen LogP contribution < -0.4 is 0 Å². The molecule has 1 atom stereocenters. The van der Waals surface area contributed by atoms with Crippen molar-refractivity contribution in [1.82, 2.24) is 4.31 Å². The average molecular weight is 383 g/mol. The lowest BCUT2D eigenvalue weighted by Crippen LogP contribution is -2.40. The van der Waals surface area contributed by atoms with Gasteiger partial charge < -0.3 is 14.2 Å². The van der Waals surface area contributed by atoms with Crippen molar-refractivity contribution in [2.75, 3.05) is 32.9 Å². The van der Waals surface area contributed by atoms with E-state index in [9.17, 15) is 18.0 Å². The number of morpholine rings is 1. The predicted molar refractivity (Wildman–Crippen MR) is 89.8 cm³/mol. The van der Waals surface area contributed by atoms with Crippen molar-refractivity contribution in [3.63, 3.8) is 0 Å². The van der Waals surface area contributed by atoms with Gasteiger partial charge in [-0.25, -0.2) is 13.2 Å². The molecule has 0 bridgehead atoms. The number of rotatable bonds is 6. The van der Waals surface area contributed by atoms with Crippen molar-refractivity contribution in [2.24, 2.45) is 0 Å². The lowest BCUT2D eigenvalue weighted by molar-refractivity contribution is -0.160. The molecule has 0 radical (unpaired) electrons. The zero-order valence-electron chi connectivity index (χ0n) is 14.3. The van der Waals surface area contributed by atoms with Gasteiger partial charge in [0, 0.05) is 25.9 Å². The van der Waals surface area contributed by atoms with Gasteiger partial charge in [0.1, 0.15) is 0 Å². The van der Waals surface area contributed by atoms with E-state index >= 15 is 0 Å². The molecule has 0 aliphatic carbocycles. The van der Waals surface area contributed by atoms with Crippen molar-refractivity contribution in [3.8, 4) is 0 Å². The Morgan fingerprint density at radius 2 is 1.85 bits per heavy atom. The fourth-order valence-electron chi connectivity index (χ4n) is 2.81. The van der Waals surface area contributed by atoms with Crippen LogP contribution in [0.5, 0.6) is 0 Å². The Kier molecular flexibility index (Phi) is 5.90. The molecule has 0 amide bonds. The number of ether oxygens (including phenoxy) is 3. The SMILES string of the molecule is O=C(CCc1ccc(S(=O)(=O)N2CCOCC2)cc1)O[C@@H]1CCOC1=O. The highest BCUT2D eigenvalue weighted by Gasteiger charge is 2.30. The third kappa shape index (κ3) is 4.40. The van der Waals surface area contributed by atoms with E-state index in [-0.39, 0.29) is 17.9 Å². The lowest BCUT2D eigenvalue weighted by Gasteiger charge is -2.26. The molecule has 2 aliphatic heterocycles. The van der Waals surface area contributed by atoms with E-state index in [1.54, 1.807) is 24.3 Å². The van der Waals surface area contributed by atoms with Crippen LogP contribution in [0.2, 0.25) is 0 Å². The Bertz CT molecular complexity index is 754. The van der Waals surface area contributed by atoms with E-state index in [0.29, 0.717) is 39.1 Å². The van der Waals surface area contributed by atoms with Crippen LogP contribution in [-0.4, -0.2) is 63.7 Å². The zero-order valence-corrected chi connectivity index (χ0v) is 15.1. The van der Waals surface area contributed by atoms with Gasteiger partial charge in [0.05, 0.1) is 24.7 Å². The minimum atomic E-state index is -3.52. The van der Waals surface area contributed by atoms with Crippen LogP contribution in [0.1, 0.15) is 18.4 Å². The Morgan fingerprint density at radius 3 is 2.46 bits per heavy atom. The fourth-order valence-corrected chi connectivity index (χ4v) is 4.22. The average Bonchev–Trinajstić information content (AvgIpc) is 3.06. The van der Waals surface area contributed by atoms with Crippen LogP contribution in [0.3, 0.4) is 0 Å². The van der Waals surface area contributed by atoms with Crippen molar-refractivity contribution in [3.05, 3.63) is 29.8 Å². The summed E-state index contributed by atoms with van der Waals surface area (Å²) in [4.78, 5) is 23.3. The molecule has 2 heterocycles. The van der Waals surface area contributed by atoms with E-state index in [4.69, 9.17) is 14.2 Å². The molecule has 2 aliphatic rings. The summed E-state index contributed by atoms with van der Waals surface area (Å²) in [6.45, 7) is 1.76. The van der Waals surface area contributed by atoms with Gasteiger partial charge in [0.2, 0.25) is 16.1 Å². The zero-order chi connectivity index (χ0) is 18.6. The van der Waals surface area contributed by atoms with Crippen LogP contribution in [0.15, 0.2) is 29.2 Å². The Balaban J connectivity index is 1.54. The molecular weight excluding hydrogens is 362 g/mol. The molecule has 26 heavy (non-hydrogen) atoms. The summed E-state index contributed by atoms with van der Waals surface area (Å²) in [5.74, 6) is -0.977. The third-order valence-corrected chi connectivity index (χ3v) is 6.22. The third-order valence-electron chi connectivity index (χ3n) is 4.31. The minimum Gasteiger partial charge on any atom is -0.463 e. The predicted octanol–water partition coefficient (Wildman–Crippen LogP) is 0.499. The van der Waals surface area contributed by atoms with Gasteiger partial charge in [-0.05, 0) is 24.1 Å². The lowest BCUT2D eigenvalue weighted by atomic mass is 10.1. The van der Waals surface area contributed by atoms with E-state index in [1.165, 1.54) is 4.31 Å². The van der Waals surface area contributed by atoms with E-state index in [0.717, 1.165) is 5.56 Å². The first-order valence-electron chi connectivity index (χ1n) is 8.50. The highest BCUT2D eigenvalue weighted by atomic mass is 32.2. The summed E-state index contributed by atoms with van der Waals surface area (Å²) in [5.41, 5.74) is 0.817. The van der Waals surface area contributed by atoms with Crippen molar-refractivity contribution in [1.29, 1.82) is 0 Å². The standard InChI is InChI=1S/C17H21NO7S/c19-16(25-15-7-10-24-17(15)20)6-3-13-1-4-14(5-2-13)26(21,22)18-8-11-23-12-9-18/h1-2,4-5,15H,3,6-12H2/t15-/m1/s1. The topological polar surface area (TPSA) is 99.2 Å². The molecule has 2 fully saturated rings. The Hall–Kier alpha value is -1.97. The molecule has 1 aromatic carbocycles. The molecular formula is C17H21NO7S. The maximum absolute atomic E-state index is 12.5. The number of carbonyl (C=O) groups is 2. The van der Waals surface area contributed by atoms with Gasteiger partial charge in [0.15, 0.2) is 0 Å². The number of benzene rings is 1. The highest BCUT2D eigenvalue weighted by Crippen LogP contribution is 2.18. The van der Waals surface area contributed by atoms with Crippen LogP contribution in [-0.2, 0) is 40.2 Å². The fraction of sp³-hybridized carbons (Fsp3) is 0.529. The van der Waals surface area contributed by atoms with Crippen molar-refractivity contribution in [2.45, 2.75) is 30.3 Å². The van der Waals surface area contributed by atoms with Crippen LogP contribution in [0, 0.1) is 0 Å². The number of aryl methyl sites for hydroxylation is 1. The number of cyclic esters (lactones) is 1. The smallest absolute Gasteiger partial charge is 0.347 e. The molecule has 1 aromatic rings. The molecule has 0 aromatic heterocycles. The number of hydrogen-bond acceptors (Lipinski definition) is 7. The molecule has 9 heteroatoms. The molecule has 2 saturated heterocycles. The quantitative estimate of drug-likeness (QED) is 0.660. The van der Waals surface area contributed by atoms with Gasteiger partial charge in [-0.3, -0.25) is 4.79 Å². The number of nitrogens with zero attached hydrogens (tertiary/aromatic N) is 1. The largest absolute Gasteiger partial charge is 0.463 e. The summed E-state index contributed by atoms with van der Waals surface area (Å²) < 4.78 is 41.5. The van der Waals surface area contributed by atoms with Crippen LogP contribution in [0.4, 0.5) is 0 Å². The van der Waals surface area contributed by atoms with Crippen molar-refractivity contribution < 1.29 is 32.2 Å². The Morgan fingerprint density at radius 1 is 1.15 bits per heavy atom. The van der Waals surface area contributed by atoms with E-state index < -0.39 is 28.1 Å². The van der Waals surface area contributed by atoms with Gasteiger partial charge >= 0.3 is 11.9 Å². The molecule has 0 unspecified atom stereocenters. The first kappa shape index (κ1) is 18.8. The maximum atomic E-state index is 12.5. The summed E-state index contributed by atoms with van der Waals surface area (Å²) in [7, 11) is -3.52. The van der Waals surface area contributed by atoms with Gasteiger partial charge in [-0.15, -0.1) is 0 Å². The molecule has 8 nitrogen and oxygen atoms in total. The normalized spacial score (nSPS) is 21.4. The number of esters is 2. The van der Waals surface area contributed by atoms with Crippen LogP contribution >= 0.6 is 0 Å². The van der Waals surface area contributed by atoms with Gasteiger partial charge in [-0.2, -0.15) is 4.31 Å². The summed E-state index contributed by atoms with van der Waals surface area (Å²) in [6.07, 6.45) is 0.0970. The van der Waals surface area contributed by atoms with Crippen molar-refractivity contribution >= 4 is 22.0 Å². The molecule has 142 valence electrons. The van der Waals surface area contributed by atoms with Gasteiger partial charge in [-0.1, -0.05) is 12.1 Å². The molecule has 0 spiro atoms. The van der Waals surface area contributed by atoms with Crippen LogP contribution in [0.25, 0.3) is 0 Å². The second kappa shape index (κ2) is 8.15. The first-order chi connectivity index (χ1) is 12.5. The van der Waals surface area contributed by atoms with E-state index in [1.807, 2.05) is 0 Å². The summed E-state index contributed by atoms with van der Waals surface area (Å²) in [5, 5.41) is 0. The number of hydrogen-bond donors (Lipinski definition) is 0. The summed E-state index contributed by atoms with van der Waals surface area (Å²) in [6, 6.07) is 6.45. The van der Waals surface area contributed by atoms with E-state index in [2.05, 4.69) is 0 Å². The Labute approximate surface area is 152 Å². The maximum Gasteiger partial charge on any atom is 0.347 e. The molecule has 0 N–H and O–H groups in total.